The van der Waals surface area contributed by atoms with Gasteiger partial charge in [-0.2, -0.15) is 0 Å². The summed E-state index contributed by atoms with van der Waals surface area (Å²) in [5.41, 5.74) is 0.745. The molecule has 1 aromatic carbocycles. The van der Waals surface area contributed by atoms with E-state index in [0.29, 0.717) is 10.0 Å². The van der Waals surface area contributed by atoms with Gasteiger partial charge in [0, 0.05) is 29.8 Å². The highest BCUT2D eigenvalue weighted by molar-refractivity contribution is 6.35. The summed E-state index contributed by atoms with van der Waals surface area (Å²) in [5, 5.41) is 10.2. The zero-order valence-electron chi connectivity index (χ0n) is 9.11. The summed E-state index contributed by atoms with van der Waals surface area (Å²) in [4.78, 5) is 0. The fourth-order valence-corrected chi connectivity index (χ4v) is 2.02. The third kappa shape index (κ3) is 3.09. The molecular formula is C11H14Cl2O3. The highest BCUT2D eigenvalue weighted by Gasteiger charge is 2.24. The van der Waals surface area contributed by atoms with E-state index in [1.807, 2.05) is 0 Å². The first-order valence-corrected chi connectivity index (χ1v) is 5.51. The van der Waals surface area contributed by atoms with Crippen LogP contribution in [0.2, 0.25) is 10.0 Å². The number of methoxy groups -OCH3 is 2. The number of rotatable bonds is 5. The number of benzene rings is 1. The molecule has 0 saturated carbocycles. The maximum absolute atomic E-state index is 9.16. The SMILES string of the molecule is CO[C@H](c1ccc(Cl)cc1Cl)[C@@H](CO)OC. The number of halogens is 2. The van der Waals surface area contributed by atoms with Gasteiger partial charge in [-0.1, -0.05) is 29.3 Å². The van der Waals surface area contributed by atoms with Crippen LogP contribution in [0.25, 0.3) is 0 Å². The van der Waals surface area contributed by atoms with E-state index in [-0.39, 0.29) is 6.61 Å². The molecule has 2 atom stereocenters. The van der Waals surface area contributed by atoms with E-state index >= 15 is 0 Å². The van der Waals surface area contributed by atoms with Crippen molar-refractivity contribution in [2.24, 2.45) is 0 Å². The molecule has 0 bridgehead atoms. The molecule has 3 nitrogen and oxygen atoms in total. The highest BCUT2D eigenvalue weighted by Crippen LogP contribution is 2.30. The van der Waals surface area contributed by atoms with Gasteiger partial charge in [0.2, 0.25) is 0 Å². The zero-order chi connectivity index (χ0) is 12.1. The van der Waals surface area contributed by atoms with Gasteiger partial charge in [-0.25, -0.2) is 0 Å². The second-order valence-electron chi connectivity index (χ2n) is 3.28. The van der Waals surface area contributed by atoms with Crippen LogP contribution in [0.5, 0.6) is 0 Å². The molecule has 1 N–H and O–H groups in total. The Hall–Kier alpha value is -0.320. The van der Waals surface area contributed by atoms with Crippen LogP contribution in [0.4, 0.5) is 0 Å². The summed E-state index contributed by atoms with van der Waals surface area (Å²) in [5.74, 6) is 0. The van der Waals surface area contributed by atoms with Crippen LogP contribution in [0.15, 0.2) is 18.2 Å². The van der Waals surface area contributed by atoms with Crippen molar-refractivity contribution in [3.63, 3.8) is 0 Å². The normalized spacial score (nSPS) is 14.8. The molecule has 0 unspecified atom stereocenters. The van der Waals surface area contributed by atoms with Gasteiger partial charge in [0.15, 0.2) is 0 Å². The Morgan fingerprint density at radius 2 is 1.94 bits per heavy atom. The Morgan fingerprint density at radius 3 is 2.38 bits per heavy atom. The summed E-state index contributed by atoms with van der Waals surface area (Å²) in [6.45, 7) is -0.145. The Morgan fingerprint density at radius 1 is 1.25 bits per heavy atom. The van der Waals surface area contributed by atoms with Gasteiger partial charge in [0.05, 0.1) is 6.61 Å². The lowest BCUT2D eigenvalue weighted by molar-refractivity contribution is -0.0616. The molecule has 0 amide bonds. The van der Waals surface area contributed by atoms with E-state index < -0.39 is 12.2 Å². The molecule has 0 heterocycles. The molecule has 1 rings (SSSR count). The van der Waals surface area contributed by atoms with E-state index in [9.17, 15) is 0 Å². The number of hydrogen-bond acceptors (Lipinski definition) is 3. The first-order valence-electron chi connectivity index (χ1n) is 4.75. The minimum Gasteiger partial charge on any atom is -0.394 e. The van der Waals surface area contributed by atoms with Gasteiger partial charge in [0.25, 0.3) is 0 Å². The molecule has 0 aromatic heterocycles. The summed E-state index contributed by atoms with van der Waals surface area (Å²) >= 11 is 11.9. The smallest absolute Gasteiger partial charge is 0.112 e. The maximum Gasteiger partial charge on any atom is 0.112 e. The van der Waals surface area contributed by atoms with Crippen molar-refractivity contribution in [2.45, 2.75) is 12.2 Å². The quantitative estimate of drug-likeness (QED) is 0.889. The second kappa shape index (κ2) is 6.42. The van der Waals surface area contributed by atoms with Gasteiger partial charge in [-0.05, 0) is 12.1 Å². The van der Waals surface area contributed by atoms with Crippen molar-refractivity contribution < 1.29 is 14.6 Å². The summed E-state index contributed by atoms with van der Waals surface area (Å²) < 4.78 is 10.4. The molecule has 0 aliphatic carbocycles. The number of aliphatic hydroxyl groups excluding tert-OH is 1. The second-order valence-corrected chi connectivity index (χ2v) is 4.12. The van der Waals surface area contributed by atoms with Gasteiger partial charge >= 0.3 is 0 Å². The van der Waals surface area contributed by atoms with Crippen molar-refractivity contribution in [2.75, 3.05) is 20.8 Å². The topological polar surface area (TPSA) is 38.7 Å². The molecule has 0 aliphatic rings. The third-order valence-electron chi connectivity index (χ3n) is 2.34. The minimum atomic E-state index is -0.455. The summed E-state index contributed by atoms with van der Waals surface area (Å²) in [6, 6.07) is 5.12. The van der Waals surface area contributed by atoms with Crippen LogP contribution in [0, 0.1) is 0 Å². The number of ether oxygens (including phenoxy) is 2. The lowest BCUT2D eigenvalue weighted by atomic mass is 10.0. The molecule has 1 aromatic rings. The minimum absolute atomic E-state index is 0.145. The molecule has 0 aliphatic heterocycles. The average Bonchev–Trinajstić information content (AvgIpc) is 2.27. The Bertz CT molecular complexity index is 340. The fraction of sp³-hybridized carbons (Fsp3) is 0.455. The van der Waals surface area contributed by atoms with Gasteiger partial charge in [0.1, 0.15) is 12.2 Å². The van der Waals surface area contributed by atoms with Crippen LogP contribution in [-0.4, -0.2) is 32.0 Å². The van der Waals surface area contributed by atoms with Gasteiger partial charge < -0.3 is 14.6 Å². The zero-order valence-corrected chi connectivity index (χ0v) is 10.6. The van der Waals surface area contributed by atoms with Gasteiger partial charge in [-0.15, -0.1) is 0 Å². The lowest BCUT2D eigenvalue weighted by Crippen LogP contribution is -2.26. The van der Waals surface area contributed by atoms with E-state index in [1.165, 1.54) is 14.2 Å². The standard InChI is InChI=1S/C11H14Cl2O3/c1-15-10(6-14)11(16-2)8-4-3-7(12)5-9(8)13/h3-5,10-11,14H,6H2,1-2H3/t10-,11-/m1/s1. The average molecular weight is 265 g/mol. The van der Waals surface area contributed by atoms with E-state index in [4.69, 9.17) is 37.8 Å². The van der Waals surface area contributed by atoms with Crippen molar-refractivity contribution in [1.82, 2.24) is 0 Å². The van der Waals surface area contributed by atoms with Crippen molar-refractivity contribution in [3.05, 3.63) is 33.8 Å². The molecule has 90 valence electrons. The number of aliphatic hydroxyl groups is 1. The molecule has 0 saturated heterocycles. The lowest BCUT2D eigenvalue weighted by Gasteiger charge is -2.24. The van der Waals surface area contributed by atoms with Crippen LogP contribution < -0.4 is 0 Å². The Labute approximate surface area is 105 Å². The Balaban J connectivity index is 3.03. The monoisotopic (exact) mass is 264 g/mol. The largest absolute Gasteiger partial charge is 0.394 e. The maximum atomic E-state index is 9.16. The predicted molar refractivity (Wildman–Crippen MR) is 64.1 cm³/mol. The molecule has 0 radical (unpaired) electrons. The first-order chi connectivity index (χ1) is 7.63. The van der Waals surface area contributed by atoms with Crippen molar-refractivity contribution >= 4 is 23.2 Å². The van der Waals surface area contributed by atoms with Crippen molar-refractivity contribution in [1.29, 1.82) is 0 Å². The van der Waals surface area contributed by atoms with E-state index in [2.05, 4.69) is 0 Å². The van der Waals surface area contributed by atoms with Crippen molar-refractivity contribution in [3.8, 4) is 0 Å². The number of hydrogen-bond donors (Lipinski definition) is 1. The molecular weight excluding hydrogens is 251 g/mol. The van der Waals surface area contributed by atoms with Crippen LogP contribution in [0.3, 0.4) is 0 Å². The molecule has 0 fully saturated rings. The van der Waals surface area contributed by atoms with E-state index in [0.717, 1.165) is 5.56 Å². The third-order valence-corrected chi connectivity index (χ3v) is 2.91. The molecule has 5 heteroatoms. The molecule has 16 heavy (non-hydrogen) atoms. The first kappa shape index (κ1) is 13.7. The predicted octanol–water partition coefficient (Wildman–Crippen LogP) is 2.69. The van der Waals surface area contributed by atoms with E-state index in [1.54, 1.807) is 18.2 Å². The van der Waals surface area contributed by atoms with Crippen LogP contribution in [0.1, 0.15) is 11.7 Å². The highest BCUT2D eigenvalue weighted by atomic mass is 35.5. The Kier molecular flexibility index (Phi) is 5.52. The molecule has 0 spiro atoms. The fourth-order valence-electron chi connectivity index (χ4n) is 1.51. The van der Waals surface area contributed by atoms with Crippen LogP contribution in [-0.2, 0) is 9.47 Å². The summed E-state index contributed by atoms with van der Waals surface area (Å²) in [6.07, 6.45) is -0.872. The summed E-state index contributed by atoms with van der Waals surface area (Å²) in [7, 11) is 3.05. The van der Waals surface area contributed by atoms with Crippen LogP contribution >= 0.6 is 23.2 Å². The van der Waals surface area contributed by atoms with Gasteiger partial charge in [-0.3, -0.25) is 0 Å².